The molecule has 0 unspecified atom stereocenters. The van der Waals surface area contributed by atoms with E-state index in [1.165, 1.54) is 13.8 Å². The van der Waals surface area contributed by atoms with Gasteiger partial charge >= 0.3 is 8.25 Å². The molecule has 0 aliphatic heterocycles. The molecule has 0 aliphatic rings. The van der Waals surface area contributed by atoms with Gasteiger partial charge < -0.3 is 0 Å². The zero-order chi connectivity index (χ0) is 9.49. The molecule has 0 rings (SSSR count). The number of alkyl halides is 2. The van der Waals surface area contributed by atoms with Crippen molar-refractivity contribution in [2.75, 3.05) is 0 Å². The molecule has 11 heavy (non-hydrogen) atoms. The third-order valence-electron chi connectivity index (χ3n) is 1.03. The average molecular weight is 189 g/mol. The fraction of sp³-hybridized carbons (Fsp3) is 1.00. The summed E-state index contributed by atoms with van der Waals surface area (Å²) < 4.78 is 32.5. The summed E-state index contributed by atoms with van der Waals surface area (Å²) in [6.45, 7) is 2.98. The normalized spacial score (nSPS) is 10.0. The quantitative estimate of drug-likeness (QED) is 0.653. The topological polar surface area (TPSA) is 57.5 Å². The minimum atomic E-state index is -2.87. The lowest BCUT2D eigenvalue weighted by Crippen LogP contribution is -2.10. The monoisotopic (exact) mass is 189 g/mol. The predicted octanol–water partition coefficient (Wildman–Crippen LogP) is 2.07. The van der Waals surface area contributed by atoms with E-state index in [-0.39, 0.29) is 12.8 Å². The van der Waals surface area contributed by atoms with Crippen LogP contribution in [0.25, 0.3) is 0 Å². The van der Waals surface area contributed by atoms with Gasteiger partial charge in [0.15, 0.2) is 0 Å². The van der Waals surface area contributed by atoms with E-state index < -0.39 is 14.2 Å². The molecule has 0 fully saturated rings. The van der Waals surface area contributed by atoms with E-state index in [2.05, 4.69) is 0 Å². The minimum Gasteiger partial charge on any atom is -0.207 e. The van der Waals surface area contributed by atoms with Gasteiger partial charge in [0.2, 0.25) is 5.92 Å². The maximum absolute atomic E-state index is 11.9. The average Bonchev–Trinajstić information content (AvgIpc) is 1.87. The second-order valence-electron chi connectivity index (χ2n) is 1.82. The molecule has 6 heteroatoms. The van der Waals surface area contributed by atoms with Crippen molar-refractivity contribution in [3.05, 3.63) is 0 Å². The highest BCUT2D eigenvalue weighted by Gasteiger charge is 2.21. The van der Waals surface area contributed by atoms with Gasteiger partial charge in [-0.15, -0.1) is 9.79 Å². The Balaban J connectivity index is 0. The van der Waals surface area contributed by atoms with Crippen LogP contribution >= 0.6 is 8.25 Å². The number of rotatable bonds is 2. The Hall–Kier alpha value is -0.120. The van der Waals surface area contributed by atoms with Crippen molar-refractivity contribution in [1.82, 2.24) is 0 Å². The van der Waals surface area contributed by atoms with Gasteiger partial charge in [-0.1, -0.05) is 13.8 Å². The molecule has 68 valence electrons. The number of hydrogen-bond donors (Lipinski definition) is 2. The van der Waals surface area contributed by atoms with E-state index in [9.17, 15) is 8.78 Å². The van der Waals surface area contributed by atoms with Crippen LogP contribution in [0.3, 0.4) is 0 Å². The lowest BCUT2D eigenvalue weighted by Gasteiger charge is -2.08. The second kappa shape index (κ2) is 6.58. The molecule has 0 saturated heterocycles. The molecule has 3 nitrogen and oxygen atoms in total. The highest BCUT2D eigenvalue weighted by Crippen LogP contribution is 2.20. The van der Waals surface area contributed by atoms with E-state index in [0.717, 1.165) is 0 Å². The SMILES string of the molecule is CCC(F)(F)CC.O=[P+](O)O. The van der Waals surface area contributed by atoms with Crippen molar-refractivity contribution in [3.8, 4) is 0 Å². The molecular formula is C5H12F2O3P+. The van der Waals surface area contributed by atoms with Gasteiger partial charge in [-0.2, -0.15) is 0 Å². The van der Waals surface area contributed by atoms with Gasteiger partial charge in [-0.25, -0.2) is 8.78 Å². The van der Waals surface area contributed by atoms with Crippen LogP contribution in [0.15, 0.2) is 0 Å². The first-order valence-corrected chi connectivity index (χ1v) is 4.25. The Bertz CT molecular complexity index is 108. The fourth-order valence-electron chi connectivity index (χ4n) is 0.250. The predicted molar refractivity (Wildman–Crippen MR) is 37.6 cm³/mol. The van der Waals surface area contributed by atoms with Crippen LogP contribution in [-0.4, -0.2) is 15.7 Å². The van der Waals surface area contributed by atoms with Crippen molar-refractivity contribution < 1.29 is 23.1 Å². The summed E-state index contributed by atoms with van der Waals surface area (Å²) >= 11 is 0. The second-order valence-corrected chi connectivity index (χ2v) is 2.32. The van der Waals surface area contributed by atoms with Gasteiger partial charge in [0.1, 0.15) is 0 Å². The Morgan fingerprint density at radius 1 is 1.27 bits per heavy atom. The summed E-state index contributed by atoms with van der Waals surface area (Å²) in [5.74, 6) is -2.42. The molecule has 2 N–H and O–H groups in total. The molecule has 0 aromatic rings. The largest absolute Gasteiger partial charge is 0.692 e. The molecule has 0 heterocycles. The van der Waals surface area contributed by atoms with Gasteiger partial charge in [0, 0.05) is 17.4 Å². The Morgan fingerprint density at radius 2 is 1.45 bits per heavy atom. The maximum Gasteiger partial charge on any atom is 0.692 e. The van der Waals surface area contributed by atoms with E-state index in [0.29, 0.717) is 0 Å². The molecule has 0 bridgehead atoms. The number of hydrogen-bond acceptors (Lipinski definition) is 1. The highest BCUT2D eigenvalue weighted by molar-refractivity contribution is 7.30. The van der Waals surface area contributed by atoms with Crippen molar-refractivity contribution in [1.29, 1.82) is 0 Å². The van der Waals surface area contributed by atoms with Crippen LogP contribution in [0.1, 0.15) is 26.7 Å². The van der Waals surface area contributed by atoms with Crippen molar-refractivity contribution in [3.63, 3.8) is 0 Å². The third-order valence-corrected chi connectivity index (χ3v) is 1.03. The molecule has 0 saturated carbocycles. The molecular weight excluding hydrogens is 177 g/mol. The first-order valence-electron chi connectivity index (χ1n) is 3.08. The third kappa shape index (κ3) is 17.7. The highest BCUT2D eigenvalue weighted by atomic mass is 31.1. The van der Waals surface area contributed by atoms with Crippen LogP contribution < -0.4 is 0 Å². The summed E-state index contributed by atoms with van der Waals surface area (Å²) in [7, 11) is -2.87. The standard InChI is InChI=1S/C5H10F2.HO3P/c1-3-5(6,7)4-2;1-4(2)3/h3-4H2,1-2H3;(H-,1,2,3)/p+1. The lowest BCUT2D eigenvalue weighted by atomic mass is 10.2. The molecule has 0 amide bonds. The van der Waals surface area contributed by atoms with E-state index in [1.807, 2.05) is 0 Å². The number of halogens is 2. The van der Waals surface area contributed by atoms with Crippen LogP contribution in [0.5, 0.6) is 0 Å². The molecule has 0 atom stereocenters. The van der Waals surface area contributed by atoms with Gasteiger partial charge in [0.25, 0.3) is 0 Å². The summed E-state index contributed by atoms with van der Waals surface area (Å²) in [6.07, 6.45) is -0.0764. The Labute approximate surface area is 65.0 Å². The first kappa shape index (κ1) is 13.5. The maximum atomic E-state index is 11.9. The van der Waals surface area contributed by atoms with E-state index >= 15 is 0 Å². The summed E-state index contributed by atoms with van der Waals surface area (Å²) in [4.78, 5) is 14.2. The van der Waals surface area contributed by atoms with E-state index in [4.69, 9.17) is 14.4 Å². The van der Waals surface area contributed by atoms with Gasteiger partial charge in [-0.05, 0) is 0 Å². The minimum absolute atomic E-state index is 0.0382. The Kier molecular flexibility index (Phi) is 8.06. The van der Waals surface area contributed by atoms with Crippen LogP contribution in [-0.2, 0) is 4.57 Å². The zero-order valence-electron chi connectivity index (χ0n) is 6.42. The first-order chi connectivity index (χ1) is 4.85. The smallest absolute Gasteiger partial charge is 0.207 e. The van der Waals surface area contributed by atoms with Gasteiger partial charge in [0.05, 0.1) is 0 Å². The summed E-state index contributed by atoms with van der Waals surface area (Å²) in [5.41, 5.74) is 0. The Morgan fingerprint density at radius 3 is 1.45 bits per heavy atom. The molecule has 0 aromatic heterocycles. The van der Waals surface area contributed by atoms with Crippen LogP contribution in [0, 0.1) is 0 Å². The molecule has 0 radical (unpaired) electrons. The van der Waals surface area contributed by atoms with E-state index in [1.54, 1.807) is 0 Å². The zero-order valence-corrected chi connectivity index (χ0v) is 7.31. The van der Waals surface area contributed by atoms with Gasteiger partial charge in [-0.3, -0.25) is 0 Å². The van der Waals surface area contributed by atoms with Crippen LogP contribution in [0.2, 0.25) is 0 Å². The molecule has 0 aromatic carbocycles. The summed E-state index contributed by atoms with van der Waals surface area (Å²) in [5, 5.41) is 0. The van der Waals surface area contributed by atoms with Crippen molar-refractivity contribution in [2.45, 2.75) is 32.6 Å². The lowest BCUT2D eigenvalue weighted by molar-refractivity contribution is -0.00646. The fourth-order valence-corrected chi connectivity index (χ4v) is 0.250. The van der Waals surface area contributed by atoms with Crippen LogP contribution in [0.4, 0.5) is 8.78 Å². The van der Waals surface area contributed by atoms with Crippen molar-refractivity contribution in [2.24, 2.45) is 0 Å². The molecule has 0 aliphatic carbocycles. The van der Waals surface area contributed by atoms with Crippen molar-refractivity contribution >= 4 is 8.25 Å². The molecule has 0 spiro atoms. The summed E-state index contributed by atoms with van der Waals surface area (Å²) in [6, 6.07) is 0.